The summed E-state index contributed by atoms with van der Waals surface area (Å²) in [5.41, 5.74) is -2.32. The van der Waals surface area contributed by atoms with Gasteiger partial charge in [0.25, 0.3) is 5.91 Å². The number of rotatable bonds is 6. The van der Waals surface area contributed by atoms with Crippen molar-refractivity contribution in [3.05, 3.63) is 47.5 Å². The fraction of sp³-hybridized carbons (Fsp3) is 0.312. The van der Waals surface area contributed by atoms with Crippen molar-refractivity contribution in [2.24, 2.45) is 7.05 Å². The molecule has 14 heteroatoms. The van der Waals surface area contributed by atoms with Crippen molar-refractivity contribution in [3.63, 3.8) is 0 Å². The first kappa shape index (κ1) is 23.7. The van der Waals surface area contributed by atoms with Gasteiger partial charge in [-0.05, 0) is 24.3 Å². The van der Waals surface area contributed by atoms with Crippen LogP contribution in [-0.2, 0) is 23.2 Å². The average molecular weight is 461 g/mol. The zero-order valence-corrected chi connectivity index (χ0v) is 15.8. The van der Waals surface area contributed by atoms with E-state index in [2.05, 4.69) is 5.32 Å². The minimum absolute atomic E-state index is 0.316. The molecule has 6 nitrogen and oxygen atoms in total. The first-order chi connectivity index (χ1) is 13.6. The highest BCUT2D eigenvalue weighted by molar-refractivity contribution is 7.89. The molecule has 0 atom stereocenters. The molecule has 30 heavy (non-hydrogen) atoms. The lowest BCUT2D eigenvalue weighted by molar-refractivity contribution is -0.140. The maximum atomic E-state index is 13.3. The zero-order valence-electron chi connectivity index (χ0n) is 15.0. The van der Waals surface area contributed by atoms with Gasteiger partial charge in [-0.2, -0.15) is 26.3 Å². The number of amides is 1. The molecule has 0 aliphatic carbocycles. The monoisotopic (exact) mass is 461 g/mol. The fourth-order valence-electron chi connectivity index (χ4n) is 2.33. The normalized spacial score (nSPS) is 12.8. The van der Waals surface area contributed by atoms with Crippen LogP contribution in [0.3, 0.4) is 0 Å². The van der Waals surface area contributed by atoms with Crippen LogP contribution in [0.4, 0.5) is 36.4 Å². The second-order valence-corrected chi connectivity index (χ2v) is 7.85. The number of carbonyl (C=O) groups excluding carboxylic acids is 1. The molecule has 0 spiro atoms. The molecular weight excluding hydrogens is 447 g/mol. The Morgan fingerprint density at radius 1 is 1.10 bits per heavy atom. The molecular formula is C16H14F7N3O3S. The van der Waals surface area contributed by atoms with Gasteiger partial charge in [-0.1, -0.05) is 0 Å². The van der Waals surface area contributed by atoms with Crippen LogP contribution in [0.2, 0.25) is 0 Å². The summed E-state index contributed by atoms with van der Waals surface area (Å²) < 4.78 is 115. The predicted molar refractivity (Wildman–Crippen MR) is 90.6 cm³/mol. The number of nitrogens with one attached hydrogen (secondary N) is 2. The molecule has 1 aromatic heterocycles. The third kappa shape index (κ3) is 5.95. The number of aromatic nitrogens is 1. The van der Waals surface area contributed by atoms with Crippen molar-refractivity contribution in [1.29, 1.82) is 0 Å². The molecule has 0 radical (unpaired) electrons. The average Bonchev–Trinajstić information content (AvgIpc) is 2.97. The van der Waals surface area contributed by atoms with Crippen LogP contribution in [-0.4, -0.2) is 31.6 Å². The van der Waals surface area contributed by atoms with Gasteiger partial charge in [0.2, 0.25) is 10.0 Å². The van der Waals surface area contributed by atoms with Gasteiger partial charge >= 0.3 is 12.4 Å². The molecule has 2 aromatic rings. The molecule has 0 fully saturated rings. The van der Waals surface area contributed by atoms with Gasteiger partial charge in [0, 0.05) is 25.5 Å². The van der Waals surface area contributed by atoms with E-state index in [9.17, 15) is 43.9 Å². The largest absolute Gasteiger partial charge is 0.419 e. The van der Waals surface area contributed by atoms with Crippen molar-refractivity contribution in [2.45, 2.75) is 23.7 Å². The summed E-state index contributed by atoms with van der Waals surface area (Å²) in [4.78, 5) is 11.8. The minimum atomic E-state index is -5.00. The van der Waals surface area contributed by atoms with E-state index in [1.807, 2.05) is 0 Å². The van der Waals surface area contributed by atoms with E-state index in [0.29, 0.717) is 12.1 Å². The van der Waals surface area contributed by atoms with E-state index < -0.39 is 63.2 Å². The Morgan fingerprint density at radius 3 is 2.30 bits per heavy atom. The van der Waals surface area contributed by atoms with Gasteiger partial charge < -0.3 is 9.88 Å². The SMILES string of the molecule is Cn1cc(S(=O)(=O)NCCC(F)(F)F)cc1C(=O)Nc1ccc(F)c(C(F)(F)F)c1. The molecule has 0 unspecified atom stereocenters. The third-order valence-electron chi connectivity index (χ3n) is 3.75. The first-order valence-corrected chi connectivity index (χ1v) is 9.49. The van der Waals surface area contributed by atoms with Crippen LogP contribution in [0.15, 0.2) is 35.4 Å². The molecule has 2 N–H and O–H groups in total. The number of sulfonamides is 1. The Morgan fingerprint density at radius 2 is 1.73 bits per heavy atom. The number of benzene rings is 1. The lowest BCUT2D eigenvalue weighted by Crippen LogP contribution is -2.27. The summed E-state index contributed by atoms with van der Waals surface area (Å²) in [6.45, 7) is -0.919. The summed E-state index contributed by atoms with van der Waals surface area (Å²) in [5, 5.41) is 2.08. The summed E-state index contributed by atoms with van der Waals surface area (Å²) in [6.07, 6.45) is -10.0. The number of hydrogen-bond acceptors (Lipinski definition) is 3. The molecule has 0 aliphatic heterocycles. The summed E-state index contributed by atoms with van der Waals surface area (Å²) >= 11 is 0. The number of nitrogens with zero attached hydrogens (tertiary/aromatic N) is 1. The van der Waals surface area contributed by atoms with Gasteiger partial charge in [-0.15, -0.1) is 0 Å². The highest BCUT2D eigenvalue weighted by Crippen LogP contribution is 2.33. The van der Waals surface area contributed by atoms with E-state index in [1.165, 1.54) is 7.05 Å². The molecule has 0 aliphatic rings. The van der Waals surface area contributed by atoms with Crippen LogP contribution in [0.5, 0.6) is 0 Å². The summed E-state index contributed by atoms with van der Waals surface area (Å²) in [6, 6.07) is 2.58. The van der Waals surface area contributed by atoms with Crippen LogP contribution in [0, 0.1) is 5.82 Å². The lowest BCUT2D eigenvalue weighted by atomic mass is 10.1. The van der Waals surface area contributed by atoms with Gasteiger partial charge in [0.05, 0.1) is 12.0 Å². The Bertz CT molecular complexity index is 1040. The number of alkyl halides is 6. The van der Waals surface area contributed by atoms with Gasteiger partial charge in [0.1, 0.15) is 16.4 Å². The van der Waals surface area contributed by atoms with Gasteiger partial charge in [-0.25, -0.2) is 17.5 Å². The number of hydrogen-bond donors (Lipinski definition) is 2. The van der Waals surface area contributed by atoms with Crippen LogP contribution < -0.4 is 10.0 Å². The van der Waals surface area contributed by atoms with Crippen LogP contribution in [0.1, 0.15) is 22.5 Å². The van der Waals surface area contributed by atoms with E-state index >= 15 is 0 Å². The van der Waals surface area contributed by atoms with Crippen molar-refractivity contribution in [1.82, 2.24) is 9.29 Å². The molecule has 0 saturated heterocycles. The first-order valence-electron chi connectivity index (χ1n) is 8.01. The third-order valence-corrected chi connectivity index (χ3v) is 5.18. The van der Waals surface area contributed by atoms with Crippen molar-refractivity contribution < 1.29 is 43.9 Å². The highest BCUT2D eigenvalue weighted by atomic mass is 32.2. The van der Waals surface area contributed by atoms with E-state index in [4.69, 9.17) is 0 Å². The topological polar surface area (TPSA) is 80.2 Å². The van der Waals surface area contributed by atoms with Crippen molar-refractivity contribution in [3.8, 4) is 0 Å². The predicted octanol–water partition coefficient (Wildman–Crippen LogP) is 3.67. The van der Waals surface area contributed by atoms with E-state index in [-0.39, 0.29) is 5.69 Å². The van der Waals surface area contributed by atoms with E-state index in [0.717, 1.165) is 22.9 Å². The summed E-state index contributed by atoms with van der Waals surface area (Å²) in [7, 11) is -3.13. The number of anilines is 1. The Balaban J connectivity index is 2.20. The van der Waals surface area contributed by atoms with E-state index in [1.54, 1.807) is 4.72 Å². The Labute approximate surface area is 165 Å². The molecule has 166 valence electrons. The molecule has 1 amide bonds. The second kappa shape index (κ2) is 8.26. The molecule has 1 aromatic carbocycles. The lowest BCUT2D eigenvalue weighted by Gasteiger charge is -2.11. The molecule has 0 saturated carbocycles. The van der Waals surface area contributed by atoms with Crippen molar-refractivity contribution in [2.75, 3.05) is 11.9 Å². The maximum absolute atomic E-state index is 13.3. The van der Waals surface area contributed by atoms with Gasteiger partial charge in [-0.3, -0.25) is 4.79 Å². The molecule has 2 rings (SSSR count). The summed E-state index contributed by atoms with van der Waals surface area (Å²) in [5.74, 6) is -2.56. The maximum Gasteiger partial charge on any atom is 0.419 e. The van der Waals surface area contributed by atoms with Gasteiger partial charge in [0.15, 0.2) is 0 Å². The minimum Gasteiger partial charge on any atom is -0.345 e. The van der Waals surface area contributed by atoms with Crippen molar-refractivity contribution >= 4 is 21.6 Å². The van der Waals surface area contributed by atoms with Crippen LogP contribution in [0.25, 0.3) is 0 Å². The Kier molecular flexibility index (Phi) is 6.51. The fourth-order valence-corrected chi connectivity index (χ4v) is 3.43. The number of carbonyl (C=O) groups is 1. The number of aryl methyl sites for hydroxylation is 1. The highest BCUT2D eigenvalue weighted by Gasteiger charge is 2.34. The standard InChI is InChI=1S/C16H14F7N3O3S/c1-26-8-10(30(28,29)24-5-4-15(18,19)20)7-13(26)14(27)25-9-2-3-12(17)11(6-9)16(21,22)23/h2-3,6-8,24H,4-5H2,1H3,(H,25,27). The smallest absolute Gasteiger partial charge is 0.345 e. The second-order valence-electron chi connectivity index (χ2n) is 6.08. The molecule has 0 bridgehead atoms. The zero-order chi connectivity index (χ0) is 22.9. The molecule has 1 heterocycles. The Hall–Kier alpha value is -2.61. The quantitative estimate of drug-likeness (QED) is 0.645. The van der Waals surface area contributed by atoms with Crippen LogP contribution >= 0.6 is 0 Å². The number of halogens is 7.